The summed E-state index contributed by atoms with van der Waals surface area (Å²) in [6.45, 7) is 13.6. The van der Waals surface area contributed by atoms with Crippen molar-refractivity contribution in [3.05, 3.63) is 0 Å². The molecule has 4 atom stereocenters. The summed E-state index contributed by atoms with van der Waals surface area (Å²) in [5.41, 5.74) is 2.45. The predicted molar refractivity (Wildman–Crippen MR) is 117 cm³/mol. The van der Waals surface area contributed by atoms with Crippen LogP contribution in [0.5, 0.6) is 0 Å². The summed E-state index contributed by atoms with van der Waals surface area (Å²) in [6, 6.07) is 0. The van der Waals surface area contributed by atoms with Gasteiger partial charge in [-0.05, 0) is 24.7 Å². The van der Waals surface area contributed by atoms with Gasteiger partial charge in [0.25, 0.3) is 0 Å². The maximum atomic E-state index is 5.82. The number of hydrogen-bond acceptors (Lipinski definition) is 6. The molecule has 0 aromatic rings. The highest BCUT2D eigenvalue weighted by molar-refractivity contribution is 7.41. The average molecular weight is 428 g/mol. The third-order valence-electron chi connectivity index (χ3n) is 5.52. The van der Waals surface area contributed by atoms with E-state index in [2.05, 4.69) is 47.0 Å². The van der Waals surface area contributed by atoms with E-state index in [-0.39, 0.29) is 16.9 Å². The molecule has 0 bridgehead atoms. The smallest absolute Gasteiger partial charge is 0.183 e. The molecule has 0 spiro atoms. The minimum Gasteiger partial charge on any atom is -0.350 e. The zero-order valence-electron chi connectivity index (χ0n) is 19.0. The Morgan fingerprint density at radius 1 is 0.778 bits per heavy atom. The molecule has 0 radical (unpaired) electrons. The average Bonchev–Trinajstić information content (AvgIpc) is 2.70. The Labute approximate surface area is 170 Å². The fourth-order valence-electron chi connectivity index (χ4n) is 3.00. The SMILES string of the molecule is CCCONC(C)(C(C)PC(CC)(OC)OC)C(C)PC(CC)(OC)OC. The van der Waals surface area contributed by atoms with Crippen LogP contribution in [0.2, 0.25) is 0 Å². The quantitative estimate of drug-likeness (QED) is 0.169. The molecule has 0 aliphatic carbocycles. The first-order chi connectivity index (χ1) is 12.7. The number of nitrogens with one attached hydrogen (secondary N) is 1. The summed E-state index contributed by atoms with van der Waals surface area (Å²) in [5, 5.41) is 0. The lowest BCUT2D eigenvalue weighted by molar-refractivity contribution is -0.140. The predicted octanol–water partition coefficient (Wildman–Crippen LogP) is 4.52. The fraction of sp³-hybridized carbons (Fsp3) is 1.00. The monoisotopic (exact) mass is 427 g/mol. The topological polar surface area (TPSA) is 58.2 Å². The molecule has 0 aliphatic rings. The molecule has 0 saturated heterocycles. The van der Waals surface area contributed by atoms with E-state index < -0.39 is 11.1 Å². The van der Waals surface area contributed by atoms with Crippen molar-refractivity contribution in [2.24, 2.45) is 0 Å². The van der Waals surface area contributed by atoms with Gasteiger partial charge in [-0.3, -0.25) is 0 Å². The molecular weight excluding hydrogens is 384 g/mol. The fourth-order valence-corrected chi connectivity index (χ4v) is 6.59. The van der Waals surface area contributed by atoms with Crippen molar-refractivity contribution in [1.29, 1.82) is 0 Å². The first-order valence-corrected chi connectivity index (χ1v) is 12.0. The van der Waals surface area contributed by atoms with Gasteiger partial charge in [0.2, 0.25) is 0 Å². The first kappa shape index (κ1) is 27.6. The molecule has 0 fully saturated rings. The van der Waals surface area contributed by atoms with E-state index in [0.29, 0.717) is 23.8 Å². The van der Waals surface area contributed by atoms with Gasteiger partial charge in [-0.2, -0.15) is 5.48 Å². The summed E-state index contributed by atoms with van der Waals surface area (Å²) < 4.78 is 23.0. The van der Waals surface area contributed by atoms with Gasteiger partial charge in [0.05, 0.1) is 12.1 Å². The van der Waals surface area contributed by atoms with Crippen LogP contribution < -0.4 is 5.48 Å². The Balaban J connectivity index is 5.61. The van der Waals surface area contributed by atoms with Crippen molar-refractivity contribution in [2.45, 2.75) is 88.7 Å². The van der Waals surface area contributed by atoms with Gasteiger partial charge in [0, 0.05) is 41.3 Å². The molecule has 8 heteroatoms. The second-order valence-electron chi connectivity index (χ2n) is 6.99. The Kier molecular flexibility index (Phi) is 13.3. The molecular formula is C19H43NO5P2. The maximum Gasteiger partial charge on any atom is 0.183 e. The van der Waals surface area contributed by atoms with Crippen LogP contribution in [0.25, 0.3) is 0 Å². The van der Waals surface area contributed by atoms with Crippen LogP contribution in [-0.4, -0.2) is 63.0 Å². The molecule has 0 aromatic heterocycles. The summed E-state index contributed by atoms with van der Waals surface area (Å²) in [4.78, 5) is 5.82. The molecule has 0 heterocycles. The molecule has 0 aromatic carbocycles. The Morgan fingerprint density at radius 2 is 1.15 bits per heavy atom. The largest absolute Gasteiger partial charge is 0.350 e. The summed E-state index contributed by atoms with van der Waals surface area (Å²) in [7, 11) is 7.76. The summed E-state index contributed by atoms with van der Waals surface area (Å²) in [6.07, 6.45) is 2.54. The van der Waals surface area contributed by atoms with Crippen molar-refractivity contribution in [1.82, 2.24) is 5.48 Å². The maximum absolute atomic E-state index is 5.82. The van der Waals surface area contributed by atoms with Crippen molar-refractivity contribution in [3.63, 3.8) is 0 Å². The number of methoxy groups -OCH3 is 4. The van der Waals surface area contributed by atoms with Crippen LogP contribution in [0.1, 0.15) is 60.8 Å². The van der Waals surface area contributed by atoms with Crippen molar-refractivity contribution in [3.8, 4) is 0 Å². The second-order valence-corrected chi connectivity index (χ2v) is 10.8. The van der Waals surface area contributed by atoms with Crippen LogP contribution in [-0.2, 0) is 23.8 Å². The second kappa shape index (κ2) is 13.0. The number of rotatable bonds is 16. The van der Waals surface area contributed by atoms with E-state index in [1.54, 1.807) is 28.4 Å². The minimum atomic E-state index is -0.569. The number of ether oxygens (including phenoxy) is 4. The molecule has 4 unspecified atom stereocenters. The van der Waals surface area contributed by atoms with E-state index in [9.17, 15) is 0 Å². The van der Waals surface area contributed by atoms with Crippen LogP contribution in [0.3, 0.4) is 0 Å². The van der Waals surface area contributed by atoms with Crippen LogP contribution in [0, 0.1) is 0 Å². The molecule has 164 valence electrons. The Hall–Kier alpha value is 0.620. The normalized spacial score (nSPS) is 18.4. The molecule has 1 N–H and O–H groups in total. The zero-order chi connectivity index (χ0) is 21.1. The minimum absolute atomic E-state index is 0.250. The third kappa shape index (κ3) is 7.42. The van der Waals surface area contributed by atoms with Crippen molar-refractivity contribution < 1.29 is 23.8 Å². The summed E-state index contributed by atoms with van der Waals surface area (Å²) >= 11 is 0. The number of hydroxylamine groups is 1. The molecule has 6 nitrogen and oxygen atoms in total. The lowest BCUT2D eigenvalue weighted by Gasteiger charge is -2.46. The van der Waals surface area contributed by atoms with E-state index in [1.807, 2.05) is 0 Å². The number of hydrogen-bond donors (Lipinski definition) is 1. The summed E-state index contributed by atoms with van der Waals surface area (Å²) in [5.74, 6) is 0. The Bertz CT molecular complexity index is 348. The van der Waals surface area contributed by atoms with Gasteiger partial charge in [-0.25, -0.2) is 0 Å². The van der Waals surface area contributed by atoms with Gasteiger partial charge in [0.15, 0.2) is 11.1 Å². The van der Waals surface area contributed by atoms with E-state index in [4.69, 9.17) is 23.8 Å². The van der Waals surface area contributed by atoms with Crippen molar-refractivity contribution in [2.75, 3.05) is 35.0 Å². The van der Waals surface area contributed by atoms with Crippen LogP contribution in [0.4, 0.5) is 0 Å². The molecule has 27 heavy (non-hydrogen) atoms. The van der Waals surface area contributed by atoms with Gasteiger partial charge >= 0.3 is 0 Å². The molecule has 0 rings (SSSR count). The van der Waals surface area contributed by atoms with Crippen LogP contribution >= 0.6 is 17.2 Å². The molecule has 0 saturated carbocycles. The third-order valence-corrected chi connectivity index (χ3v) is 9.99. The van der Waals surface area contributed by atoms with E-state index in [0.717, 1.165) is 19.3 Å². The van der Waals surface area contributed by atoms with Gasteiger partial charge in [-0.15, -0.1) is 0 Å². The Morgan fingerprint density at radius 3 is 1.41 bits per heavy atom. The zero-order valence-corrected chi connectivity index (χ0v) is 21.0. The van der Waals surface area contributed by atoms with Crippen LogP contribution in [0.15, 0.2) is 0 Å². The van der Waals surface area contributed by atoms with Gasteiger partial charge < -0.3 is 23.8 Å². The first-order valence-electron chi connectivity index (χ1n) is 9.83. The van der Waals surface area contributed by atoms with Crippen molar-refractivity contribution >= 4 is 17.2 Å². The van der Waals surface area contributed by atoms with E-state index >= 15 is 0 Å². The van der Waals surface area contributed by atoms with Gasteiger partial charge in [0.1, 0.15) is 0 Å². The molecule has 0 amide bonds. The van der Waals surface area contributed by atoms with Gasteiger partial charge in [-0.1, -0.05) is 51.8 Å². The lowest BCUT2D eigenvalue weighted by atomic mass is 9.95. The molecule has 0 aliphatic heterocycles. The highest BCUT2D eigenvalue weighted by Crippen LogP contribution is 2.50. The standard InChI is InChI=1S/C19H43NO5P2/c1-11-14-25-20-17(6,15(4)26-18(12-2,21-7)22-8)16(5)27-19(13-3,23-9)24-10/h15-16,20,26-27H,11-14H2,1-10H3. The van der Waals surface area contributed by atoms with E-state index in [1.165, 1.54) is 0 Å². The lowest BCUT2D eigenvalue weighted by Crippen LogP contribution is -2.57. The highest BCUT2D eigenvalue weighted by atomic mass is 31.1. The highest BCUT2D eigenvalue weighted by Gasteiger charge is 2.45.